The number of anilines is 1. The number of nitrogens with two attached hydrogens (primary N) is 1. The molecule has 2 aromatic heterocycles. The lowest BCUT2D eigenvalue weighted by Gasteiger charge is -2.08. The summed E-state index contributed by atoms with van der Waals surface area (Å²) >= 11 is 1.54. The van der Waals surface area contributed by atoms with Crippen LogP contribution in [0.4, 0.5) is 5.82 Å². The number of imidazole rings is 1. The van der Waals surface area contributed by atoms with Crippen LogP contribution in [0.15, 0.2) is 29.1 Å². The first kappa shape index (κ1) is 21.7. The van der Waals surface area contributed by atoms with Gasteiger partial charge in [-0.3, -0.25) is 14.1 Å². The highest BCUT2D eigenvalue weighted by atomic mass is 32.2. The molecule has 0 radical (unpaired) electrons. The van der Waals surface area contributed by atoms with Crippen molar-refractivity contribution in [2.75, 3.05) is 32.3 Å². The first-order valence-corrected chi connectivity index (χ1v) is 10.5. The van der Waals surface area contributed by atoms with Crippen molar-refractivity contribution in [3.05, 3.63) is 45.9 Å². The molecule has 0 atom stereocenters. The zero-order valence-electron chi connectivity index (χ0n) is 16.8. The fourth-order valence-electron chi connectivity index (χ4n) is 2.91. The Bertz CT molecular complexity index is 1080. The normalized spacial score (nSPS) is 11.0. The molecule has 0 fully saturated rings. The molecule has 0 saturated heterocycles. The molecule has 0 saturated carbocycles. The third-order valence-electron chi connectivity index (χ3n) is 4.34. The summed E-state index contributed by atoms with van der Waals surface area (Å²) in [6, 6.07) is 7.50. The Morgan fingerprint density at radius 3 is 2.90 bits per heavy atom. The summed E-state index contributed by atoms with van der Waals surface area (Å²) in [5.74, 6) is -0.182. The van der Waals surface area contributed by atoms with Crippen LogP contribution >= 0.6 is 11.9 Å². The quantitative estimate of drug-likeness (QED) is 0.244. The van der Waals surface area contributed by atoms with Crippen LogP contribution in [0.25, 0.3) is 11.2 Å². The molecule has 30 heavy (non-hydrogen) atoms. The summed E-state index contributed by atoms with van der Waals surface area (Å²) in [5, 5.41) is 0. The van der Waals surface area contributed by atoms with E-state index in [9.17, 15) is 9.59 Å². The maximum atomic E-state index is 12.5. The summed E-state index contributed by atoms with van der Waals surface area (Å²) in [7, 11) is 1.35. The van der Waals surface area contributed by atoms with Gasteiger partial charge in [0.15, 0.2) is 11.5 Å². The number of fused-ring (bicyclic) bond motifs is 1. The van der Waals surface area contributed by atoms with Gasteiger partial charge in [-0.1, -0.05) is 36.2 Å². The van der Waals surface area contributed by atoms with E-state index in [1.165, 1.54) is 23.6 Å². The number of methoxy groups -OCH3 is 1. The van der Waals surface area contributed by atoms with Gasteiger partial charge in [0.2, 0.25) is 0 Å². The van der Waals surface area contributed by atoms with Crippen LogP contribution in [0.3, 0.4) is 0 Å². The van der Waals surface area contributed by atoms with Gasteiger partial charge in [-0.05, 0) is 23.8 Å². The van der Waals surface area contributed by atoms with E-state index >= 15 is 0 Å². The number of carbonyl (C=O) groups excluding carboxylic acids is 1. The number of aromatic amines is 1. The van der Waals surface area contributed by atoms with E-state index in [0.717, 1.165) is 24.1 Å². The standard InChI is InChI=1S/C19H24N6O4S/c1-28-14(26)10-12-5-3-6-13(9-12)11-25-17-15(22-19(25)27)16(20)23-18(24-17)29-8-4-7-21-30-2/h3,5-6,9,21H,4,7-8,10-11H2,1-2H3,(H,22,27)(H2,20,23,24). The predicted molar refractivity (Wildman–Crippen MR) is 115 cm³/mol. The number of H-pyrrole nitrogens is 1. The van der Waals surface area contributed by atoms with Crippen LogP contribution in [0, 0.1) is 0 Å². The van der Waals surface area contributed by atoms with Crippen molar-refractivity contribution in [3.63, 3.8) is 0 Å². The van der Waals surface area contributed by atoms with Crippen LogP contribution in [-0.2, 0) is 22.5 Å². The van der Waals surface area contributed by atoms with Crippen molar-refractivity contribution in [1.82, 2.24) is 24.2 Å². The minimum absolute atomic E-state index is 0.122. The molecule has 160 valence electrons. The second-order valence-corrected chi connectivity index (χ2v) is 7.18. The highest BCUT2D eigenvalue weighted by Gasteiger charge is 2.15. The molecule has 3 aromatic rings. The van der Waals surface area contributed by atoms with Crippen LogP contribution in [0.2, 0.25) is 0 Å². The molecular formula is C19H24N6O4S. The molecule has 0 aliphatic carbocycles. The van der Waals surface area contributed by atoms with E-state index in [0.29, 0.717) is 17.8 Å². The lowest BCUT2D eigenvalue weighted by molar-refractivity contribution is -0.139. The molecule has 1 aromatic carbocycles. The Morgan fingerprint density at radius 2 is 2.13 bits per heavy atom. The van der Waals surface area contributed by atoms with Gasteiger partial charge in [0.1, 0.15) is 5.52 Å². The third-order valence-corrected chi connectivity index (χ3v) is 4.83. The summed E-state index contributed by atoms with van der Waals surface area (Å²) in [6.07, 6.45) is 2.88. The molecule has 0 amide bonds. The van der Waals surface area contributed by atoms with Gasteiger partial charge < -0.3 is 20.2 Å². The molecular weight excluding hydrogens is 408 g/mol. The Labute approximate surface area is 177 Å². The smallest absolute Gasteiger partial charge is 0.328 e. The molecule has 4 N–H and O–H groups in total. The number of hydrogen-bond acceptors (Lipinski definition) is 9. The number of nitrogens with one attached hydrogen (secondary N) is 2. The van der Waals surface area contributed by atoms with Gasteiger partial charge in [0.25, 0.3) is 0 Å². The topological polar surface area (TPSA) is 137 Å². The van der Waals surface area contributed by atoms with Gasteiger partial charge in [0.05, 0.1) is 26.7 Å². The van der Waals surface area contributed by atoms with E-state index < -0.39 is 0 Å². The van der Waals surface area contributed by atoms with Crippen molar-refractivity contribution in [2.24, 2.45) is 0 Å². The van der Waals surface area contributed by atoms with Gasteiger partial charge in [0, 0.05) is 6.54 Å². The maximum Gasteiger partial charge on any atom is 0.328 e. The maximum absolute atomic E-state index is 12.5. The number of ether oxygens (including phenoxy) is 2. The average molecular weight is 433 g/mol. The number of rotatable bonds is 10. The minimum Gasteiger partial charge on any atom is -0.469 e. The van der Waals surface area contributed by atoms with E-state index in [1.807, 2.05) is 30.5 Å². The van der Waals surface area contributed by atoms with Crippen molar-refractivity contribution >= 4 is 34.9 Å². The molecule has 0 bridgehead atoms. The lowest BCUT2D eigenvalue weighted by Crippen LogP contribution is -2.18. The molecule has 10 nitrogen and oxygen atoms in total. The third kappa shape index (κ3) is 5.30. The van der Waals surface area contributed by atoms with Crippen LogP contribution < -0.4 is 20.9 Å². The SMILES string of the molecule is COC(=O)Cc1cccc(Cn2c(=O)[nH]c3c(N)nc(OCCCNSC)nc32)c1. The van der Waals surface area contributed by atoms with Crippen molar-refractivity contribution in [3.8, 4) is 6.01 Å². The monoisotopic (exact) mass is 432 g/mol. The van der Waals surface area contributed by atoms with E-state index in [-0.39, 0.29) is 36.5 Å². The van der Waals surface area contributed by atoms with Crippen molar-refractivity contribution in [1.29, 1.82) is 0 Å². The summed E-state index contributed by atoms with van der Waals surface area (Å²) in [5.41, 5.74) is 8.00. The number of carbonyl (C=O) groups is 1. The van der Waals surface area contributed by atoms with Crippen molar-refractivity contribution in [2.45, 2.75) is 19.4 Å². The zero-order chi connectivity index (χ0) is 21.5. The number of nitrogen functional groups attached to an aromatic ring is 1. The number of nitrogens with zero attached hydrogens (tertiary/aromatic N) is 3. The van der Waals surface area contributed by atoms with E-state index in [4.69, 9.17) is 15.2 Å². The molecule has 2 heterocycles. The molecule has 0 aliphatic rings. The Balaban J connectivity index is 1.83. The highest BCUT2D eigenvalue weighted by molar-refractivity contribution is 7.96. The number of hydrogen-bond donors (Lipinski definition) is 3. The van der Waals surface area contributed by atoms with Crippen LogP contribution in [0.5, 0.6) is 6.01 Å². The summed E-state index contributed by atoms with van der Waals surface area (Å²) in [4.78, 5) is 35.2. The first-order valence-electron chi connectivity index (χ1n) is 9.31. The molecule has 0 spiro atoms. The molecule has 3 rings (SSSR count). The van der Waals surface area contributed by atoms with Crippen LogP contribution in [-0.4, -0.2) is 52.0 Å². The van der Waals surface area contributed by atoms with Gasteiger partial charge in [-0.25, -0.2) is 4.79 Å². The molecule has 0 aliphatic heterocycles. The fourth-order valence-corrected chi connectivity index (χ4v) is 3.26. The van der Waals surface area contributed by atoms with Gasteiger partial charge >= 0.3 is 17.7 Å². The summed E-state index contributed by atoms with van der Waals surface area (Å²) in [6.45, 7) is 1.46. The predicted octanol–water partition coefficient (Wildman–Crippen LogP) is 1.10. The second-order valence-electron chi connectivity index (χ2n) is 6.48. The van der Waals surface area contributed by atoms with Gasteiger partial charge in [-0.2, -0.15) is 9.97 Å². The number of benzene rings is 1. The Hall–Kier alpha value is -3.05. The summed E-state index contributed by atoms with van der Waals surface area (Å²) < 4.78 is 14.9. The Kier molecular flexibility index (Phi) is 7.31. The fraction of sp³-hybridized carbons (Fsp3) is 0.368. The van der Waals surface area contributed by atoms with Gasteiger partial charge in [-0.15, -0.1) is 0 Å². The van der Waals surface area contributed by atoms with E-state index in [1.54, 1.807) is 0 Å². The zero-order valence-corrected chi connectivity index (χ0v) is 17.6. The first-order chi connectivity index (χ1) is 14.5. The largest absolute Gasteiger partial charge is 0.469 e. The lowest BCUT2D eigenvalue weighted by atomic mass is 10.1. The Morgan fingerprint density at radius 1 is 1.33 bits per heavy atom. The average Bonchev–Trinajstić information content (AvgIpc) is 3.04. The number of aromatic nitrogens is 4. The van der Waals surface area contributed by atoms with E-state index in [2.05, 4.69) is 19.7 Å². The minimum atomic E-state index is -0.356. The van der Waals surface area contributed by atoms with Crippen molar-refractivity contribution < 1.29 is 14.3 Å². The van der Waals surface area contributed by atoms with Crippen LogP contribution in [0.1, 0.15) is 17.5 Å². The second kappa shape index (κ2) is 10.1. The highest BCUT2D eigenvalue weighted by Crippen LogP contribution is 2.19. The molecule has 11 heteroatoms. The molecule has 0 unspecified atom stereocenters. The number of esters is 1.